The minimum absolute atomic E-state index is 0.0174. The maximum Gasteiger partial charge on any atom is 0.195 e. The van der Waals surface area contributed by atoms with Gasteiger partial charge >= 0.3 is 0 Å². The van der Waals surface area contributed by atoms with E-state index in [4.69, 9.17) is 23.6 Å². The molecular weight excluding hydrogens is 829 g/mol. The molecule has 10 nitrogen and oxygen atoms in total. The van der Waals surface area contributed by atoms with Gasteiger partial charge in [-0.15, -0.1) is 22.7 Å². The molecule has 0 aliphatic heterocycles. The summed E-state index contributed by atoms with van der Waals surface area (Å²) < 4.78 is 66.2. The molecule has 0 amide bonds. The summed E-state index contributed by atoms with van der Waals surface area (Å²) in [6, 6.07) is 15.9. The lowest BCUT2D eigenvalue weighted by molar-refractivity contribution is 0.105. The summed E-state index contributed by atoms with van der Waals surface area (Å²) in [7, 11) is 0. The Morgan fingerprint density at radius 2 is 1.10 bits per heavy atom. The summed E-state index contributed by atoms with van der Waals surface area (Å²) in [4.78, 5) is 27.1. The van der Waals surface area contributed by atoms with E-state index in [1.165, 1.54) is 24.3 Å². The number of nitrogens with two attached hydrogens (primary N) is 1. The van der Waals surface area contributed by atoms with Crippen LogP contribution in [0.5, 0.6) is 0 Å². The summed E-state index contributed by atoms with van der Waals surface area (Å²) >= 11 is 11.2. The van der Waals surface area contributed by atoms with Crippen LogP contribution in [0.2, 0.25) is 0 Å². The van der Waals surface area contributed by atoms with Crippen molar-refractivity contribution in [2.75, 3.05) is 0 Å². The van der Waals surface area contributed by atoms with Crippen LogP contribution in [-0.4, -0.2) is 23.0 Å². The van der Waals surface area contributed by atoms with Crippen molar-refractivity contribution in [1.29, 1.82) is 26.5 Å². The topological polar surface area (TPSA) is 204 Å². The molecular formula is C40H14F4N8O2S4. The summed E-state index contributed by atoms with van der Waals surface area (Å²) in [6.45, 7) is 0. The zero-order chi connectivity index (χ0) is 41.7. The molecule has 4 aromatic rings. The number of rotatable bonds is 3. The number of thiophene rings is 2. The van der Waals surface area contributed by atoms with Crippen LogP contribution in [0.3, 0.4) is 0 Å². The van der Waals surface area contributed by atoms with Crippen molar-refractivity contribution in [1.82, 2.24) is 0 Å². The van der Waals surface area contributed by atoms with Gasteiger partial charge in [-0.3, -0.25) is 15.0 Å². The molecule has 0 atom stereocenters. The second-order valence-electron chi connectivity index (χ2n) is 12.2. The average Bonchev–Trinajstić information content (AvgIpc) is 3.98. The molecule has 3 aliphatic rings. The van der Waals surface area contributed by atoms with Gasteiger partial charge in [-0.25, -0.2) is 22.0 Å². The first-order valence-electron chi connectivity index (χ1n) is 16.0. The van der Waals surface area contributed by atoms with Crippen LogP contribution in [-0.2, 0) is 12.4 Å². The van der Waals surface area contributed by atoms with E-state index in [1.54, 1.807) is 36.4 Å². The fraction of sp³-hybridized carbons (Fsp3) is 0. The largest absolute Gasteiger partial charge is 0.396 e. The Bertz CT molecular complexity index is 3290. The molecule has 3 N–H and O–H groups in total. The van der Waals surface area contributed by atoms with Crippen molar-refractivity contribution in [3.8, 4) is 24.3 Å². The number of fused-ring (bicyclic) bond motifs is 2. The normalized spacial score (nSPS) is 18.0. The number of allylic oxidation sites excluding steroid dienone is 6. The summed E-state index contributed by atoms with van der Waals surface area (Å²) in [5.74, 6) is -6.56. The lowest BCUT2D eigenvalue weighted by atomic mass is 9.89. The van der Waals surface area contributed by atoms with E-state index in [0.29, 0.717) is 21.2 Å². The zero-order valence-electron chi connectivity index (χ0n) is 28.5. The van der Waals surface area contributed by atoms with Crippen molar-refractivity contribution in [2.24, 2.45) is 14.5 Å². The Morgan fingerprint density at radius 3 is 1.48 bits per heavy atom. The molecule has 2 heterocycles. The quantitative estimate of drug-likeness (QED) is 0.112. The number of benzene rings is 2. The van der Waals surface area contributed by atoms with Crippen LogP contribution >= 0.6 is 35.5 Å². The summed E-state index contributed by atoms with van der Waals surface area (Å²) in [5, 5.41) is 47.8. The van der Waals surface area contributed by atoms with Gasteiger partial charge < -0.3 is 5.73 Å². The number of carbonyl (C=O) groups is 2. The highest BCUT2D eigenvalue weighted by atomic mass is 32.1. The lowest BCUT2D eigenvalue weighted by Gasteiger charge is -2.20. The number of halogens is 4. The summed E-state index contributed by atoms with van der Waals surface area (Å²) in [6.07, 6.45) is 3.00. The number of hydrogen-bond donors (Lipinski definition) is 3. The predicted octanol–water partition coefficient (Wildman–Crippen LogP) is 4.84. The van der Waals surface area contributed by atoms with E-state index in [2.05, 4.69) is 21.6 Å². The van der Waals surface area contributed by atoms with Crippen molar-refractivity contribution >= 4 is 105 Å². The van der Waals surface area contributed by atoms with E-state index in [1.807, 2.05) is 0 Å². The van der Waals surface area contributed by atoms with Crippen LogP contribution in [0.15, 0.2) is 91.0 Å². The maximum atomic E-state index is 14.3. The maximum absolute atomic E-state index is 14.3. The Hall–Kier alpha value is -7.19. The van der Waals surface area contributed by atoms with Crippen molar-refractivity contribution in [3.63, 3.8) is 0 Å². The number of thiol groups is 1. The van der Waals surface area contributed by atoms with Gasteiger partial charge in [0.15, 0.2) is 34.8 Å². The third-order valence-corrected chi connectivity index (χ3v) is 11.6. The zero-order valence-corrected chi connectivity index (χ0v) is 31.9. The molecule has 7 rings (SSSR count). The average molecular weight is 843 g/mol. The van der Waals surface area contributed by atoms with Gasteiger partial charge in [0.1, 0.15) is 46.8 Å². The SMILES string of the molecule is N#CC(C#N)=C1/C(=c2\cc/c(=C\C3=C(N)C(N=S)=C(/C=c4\cc/c(=C5/C(=O)c6cc(F)c(F)cc6C5=C(C#N)C#N)s4)C(=N)C3=NS)s2)C(=O)c2cc(F)c(F)cc21. The van der Waals surface area contributed by atoms with Gasteiger partial charge in [0.2, 0.25) is 0 Å². The first-order valence-corrected chi connectivity index (χ1v) is 18.4. The molecule has 0 bridgehead atoms. The molecule has 3 aliphatic carbocycles. The highest BCUT2D eigenvalue weighted by molar-refractivity contribution is 7.79. The number of hydrogen-bond acceptors (Lipinski definition) is 14. The minimum Gasteiger partial charge on any atom is -0.396 e. The highest BCUT2D eigenvalue weighted by Gasteiger charge is 2.36. The first kappa shape index (κ1) is 39.1. The van der Waals surface area contributed by atoms with E-state index < -0.39 is 46.0 Å². The third kappa shape index (κ3) is 6.14. The Balaban J connectivity index is 1.39. The fourth-order valence-electron chi connectivity index (χ4n) is 6.60. The lowest BCUT2D eigenvalue weighted by Crippen LogP contribution is -2.27. The number of ketones is 2. The van der Waals surface area contributed by atoms with E-state index in [-0.39, 0.29) is 87.6 Å². The first-order chi connectivity index (χ1) is 27.8. The minimum atomic E-state index is -1.28. The van der Waals surface area contributed by atoms with Gasteiger partial charge in [-0.05, 0) is 84.6 Å². The van der Waals surface area contributed by atoms with Crippen LogP contribution in [0, 0.1) is 74.0 Å². The van der Waals surface area contributed by atoms with Gasteiger partial charge in [0.25, 0.3) is 0 Å². The van der Waals surface area contributed by atoms with Gasteiger partial charge in [0, 0.05) is 75.1 Å². The Labute approximate surface area is 342 Å². The monoisotopic (exact) mass is 842 g/mol. The molecule has 2 aromatic heterocycles. The summed E-state index contributed by atoms with van der Waals surface area (Å²) in [5.41, 5.74) is 4.37. The fourth-order valence-corrected chi connectivity index (χ4v) is 9.00. The Morgan fingerprint density at radius 1 is 0.707 bits per heavy atom. The Kier molecular flexibility index (Phi) is 10.1. The molecule has 2 aromatic carbocycles. The molecule has 58 heavy (non-hydrogen) atoms. The van der Waals surface area contributed by atoms with Crippen LogP contribution in [0.1, 0.15) is 31.8 Å². The smallest absolute Gasteiger partial charge is 0.195 e. The predicted molar refractivity (Wildman–Crippen MR) is 213 cm³/mol. The van der Waals surface area contributed by atoms with Gasteiger partial charge in [0.05, 0.1) is 11.4 Å². The molecule has 0 unspecified atom stereocenters. The second-order valence-corrected chi connectivity index (χ2v) is 14.8. The number of nitrogens with zero attached hydrogens (tertiary/aromatic N) is 6. The van der Waals surface area contributed by atoms with Crippen LogP contribution in [0.25, 0.3) is 34.4 Å². The molecule has 18 heteroatoms. The molecule has 0 saturated heterocycles. The van der Waals surface area contributed by atoms with Crippen LogP contribution in [0.4, 0.5) is 17.6 Å². The number of nitrogens with one attached hydrogen (secondary N) is 1. The van der Waals surface area contributed by atoms with E-state index in [9.17, 15) is 48.2 Å². The van der Waals surface area contributed by atoms with Crippen molar-refractivity contribution in [3.05, 3.63) is 146 Å². The van der Waals surface area contributed by atoms with E-state index in [0.717, 1.165) is 34.8 Å². The van der Waals surface area contributed by atoms with E-state index >= 15 is 0 Å². The van der Waals surface area contributed by atoms with Crippen molar-refractivity contribution in [2.45, 2.75) is 0 Å². The van der Waals surface area contributed by atoms with Crippen LogP contribution < -0.4 is 23.9 Å². The third-order valence-electron chi connectivity index (χ3n) is 9.12. The van der Waals surface area contributed by atoms with Gasteiger partial charge in [-0.1, -0.05) is 0 Å². The number of Topliss-reactive ketones (excluding diaryl/α,β-unsaturated/α-hetero) is 2. The second kappa shape index (κ2) is 15.0. The highest BCUT2D eigenvalue weighted by Crippen LogP contribution is 2.41. The number of carbonyl (C=O) groups excluding carboxylic acids is 2. The number of nitriles is 4. The molecule has 0 fully saturated rings. The standard InChI is InChI=1S/C40H14F4N8O2S4/c41-25-7-19-21(9-27(25)43)39(53)33(31(19)15(11-45)12-46)29-3-1-17(57-29)5-23-35(49)38(52-56)24(36(50)37(23)51-55)6-18-2-4-30(58-18)34-32(16(13-47)14-48)20-8-26(42)28(44)10-22(20)40(34)54/h1-10,49,56H,50H2/b17-5+,18-6+,33-29-,34-30-,49-35?,52-38?. The molecule has 0 saturated carbocycles. The molecule has 0 spiro atoms. The van der Waals surface area contributed by atoms with Gasteiger partial charge in [-0.2, -0.15) is 25.4 Å². The molecule has 0 radical (unpaired) electrons. The molecule has 278 valence electrons. The van der Waals surface area contributed by atoms with Crippen molar-refractivity contribution < 1.29 is 27.2 Å².